The molecule has 0 saturated heterocycles. The second-order valence-corrected chi connectivity index (χ2v) is 5.02. The van der Waals surface area contributed by atoms with Gasteiger partial charge in [-0.25, -0.2) is 4.39 Å². The maximum Gasteiger partial charge on any atom is 0.123 e. The van der Waals surface area contributed by atoms with E-state index in [4.69, 9.17) is 0 Å². The number of hydrogen-bond donors (Lipinski definition) is 2. The standard InChI is InChI=1S/C16H19FN2O/c1-11-8-14(19(2)3)5-6-15(11)18-10-12-9-13(17)4-7-16(12)20/h4-9,18,20H,10H2,1-3H3. The molecule has 2 rings (SSSR count). The molecule has 0 atom stereocenters. The minimum Gasteiger partial charge on any atom is -0.508 e. The van der Waals surface area contributed by atoms with Gasteiger partial charge in [0.15, 0.2) is 0 Å². The van der Waals surface area contributed by atoms with E-state index in [2.05, 4.69) is 11.4 Å². The molecular weight excluding hydrogens is 255 g/mol. The van der Waals surface area contributed by atoms with E-state index in [9.17, 15) is 9.50 Å². The molecule has 2 N–H and O–H groups in total. The van der Waals surface area contributed by atoms with Crippen molar-refractivity contribution in [3.8, 4) is 5.75 Å². The molecule has 0 spiro atoms. The molecule has 2 aromatic rings. The smallest absolute Gasteiger partial charge is 0.123 e. The van der Waals surface area contributed by atoms with Crippen LogP contribution in [0.1, 0.15) is 11.1 Å². The highest BCUT2D eigenvalue weighted by Crippen LogP contribution is 2.24. The van der Waals surface area contributed by atoms with Crippen molar-refractivity contribution in [3.05, 3.63) is 53.3 Å². The summed E-state index contributed by atoms with van der Waals surface area (Å²) in [7, 11) is 3.99. The molecule has 0 aliphatic rings. The average Bonchev–Trinajstić information content (AvgIpc) is 2.40. The molecule has 2 aromatic carbocycles. The molecule has 0 radical (unpaired) electrons. The van der Waals surface area contributed by atoms with Gasteiger partial charge in [-0.05, 0) is 48.9 Å². The summed E-state index contributed by atoms with van der Waals surface area (Å²) in [5.41, 5.74) is 3.74. The number of anilines is 2. The Kier molecular flexibility index (Phi) is 4.13. The zero-order valence-corrected chi connectivity index (χ0v) is 11.9. The third-order valence-corrected chi connectivity index (χ3v) is 3.24. The quantitative estimate of drug-likeness (QED) is 0.895. The Bertz CT molecular complexity index is 611. The van der Waals surface area contributed by atoms with Gasteiger partial charge in [0.2, 0.25) is 0 Å². The number of aromatic hydroxyl groups is 1. The predicted molar refractivity (Wildman–Crippen MR) is 80.9 cm³/mol. The number of halogens is 1. The molecule has 0 unspecified atom stereocenters. The highest BCUT2D eigenvalue weighted by atomic mass is 19.1. The number of phenolic OH excluding ortho intramolecular Hbond substituents is 1. The van der Waals surface area contributed by atoms with E-state index in [1.165, 1.54) is 18.2 Å². The zero-order chi connectivity index (χ0) is 14.7. The summed E-state index contributed by atoms with van der Waals surface area (Å²) in [4.78, 5) is 2.04. The van der Waals surface area contributed by atoms with Gasteiger partial charge in [0.25, 0.3) is 0 Å². The SMILES string of the molecule is Cc1cc(N(C)C)ccc1NCc1cc(F)ccc1O. The second kappa shape index (κ2) is 5.82. The minimum atomic E-state index is -0.348. The van der Waals surface area contributed by atoms with E-state index in [0.29, 0.717) is 12.1 Å². The van der Waals surface area contributed by atoms with E-state index < -0.39 is 0 Å². The summed E-state index contributed by atoms with van der Waals surface area (Å²) in [5.74, 6) is -0.249. The van der Waals surface area contributed by atoms with Crippen LogP contribution in [-0.4, -0.2) is 19.2 Å². The summed E-state index contributed by atoms with van der Waals surface area (Å²) in [6.45, 7) is 2.40. The van der Waals surface area contributed by atoms with Crippen LogP contribution in [0, 0.1) is 12.7 Å². The van der Waals surface area contributed by atoms with Gasteiger partial charge in [-0.1, -0.05) is 0 Å². The first-order valence-corrected chi connectivity index (χ1v) is 6.46. The maximum absolute atomic E-state index is 13.1. The third-order valence-electron chi connectivity index (χ3n) is 3.24. The normalized spacial score (nSPS) is 10.4. The van der Waals surface area contributed by atoms with Gasteiger partial charge in [-0.3, -0.25) is 0 Å². The van der Waals surface area contributed by atoms with Gasteiger partial charge < -0.3 is 15.3 Å². The number of benzene rings is 2. The Morgan fingerprint density at radius 2 is 1.90 bits per heavy atom. The minimum absolute atomic E-state index is 0.0986. The largest absolute Gasteiger partial charge is 0.508 e. The number of phenols is 1. The lowest BCUT2D eigenvalue weighted by molar-refractivity contribution is 0.466. The Morgan fingerprint density at radius 1 is 1.15 bits per heavy atom. The molecule has 3 nitrogen and oxygen atoms in total. The van der Waals surface area contributed by atoms with Crippen molar-refractivity contribution in [2.45, 2.75) is 13.5 Å². The van der Waals surface area contributed by atoms with Crippen molar-refractivity contribution in [2.75, 3.05) is 24.3 Å². The van der Waals surface area contributed by atoms with Crippen LogP contribution in [0.3, 0.4) is 0 Å². The fourth-order valence-electron chi connectivity index (χ4n) is 2.01. The van der Waals surface area contributed by atoms with Gasteiger partial charge in [-0.2, -0.15) is 0 Å². The first kappa shape index (κ1) is 14.2. The molecule has 0 heterocycles. The van der Waals surface area contributed by atoms with Crippen LogP contribution in [0.25, 0.3) is 0 Å². The van der Waals surface area contributed by atoms with E-state index in [1.54, 1.807) is 0 Å². The molecule has 4 heteroatoms. The van der Waals surface area contributed by atoms with Crippen molar-refractivity contribution in [1.29, 1.82) is 0 Å². The molecule has 0 aliphatic heterocycles. The predicted octanol–water partition coefficient (Wildman–Crippen LogP) is 3.52. The number of nitrogens with zero attached hydrogens (tertiary/aromatic N) is 1. The Morgan fingerprint density at radius 3 is 2.55 bits per heavy atom. The molecule has 0 fully saturated rings. The summed E-state index contributed by atoms with van der Waals surface area (Å²) < 4.78 is 13.1. The van der Waals surface area contributed by atoms with Crippen molar-refractivity contribution in [2.24, 2.45) is 0 Å². The highest BCUT2D eigenvalue weighted by Gasteiger charge is 2.05. The van der Waals surface area contributed by atoms with Gasteiger partial charge in [0.1, 0.15) is 11.6 Å². The molecule has 0 aromatic heterocycles. The van der Waals surface area contributed by atoms with Crippen LogP contribution in [0.2, 0.25) is 0 Å². The summed E-state index contributed by atoms with van der Waals surface area (Å²) in [6, 6.07) is 10.0. The van der Waals surface area contributed by atoms with Crippen molar-refractivity contribution >= 4 is 11.4 Å². The lowest BCUT2D eigenvalue weighted by Crippen LogP contribution is -2.09. The topological polar surface area (TPSA) is 35.5 Å². The van der Waals surface area contributed by atoms with Crippen molar-refractivity contribution < 1.29 is 9.50 Å². The van der Waals surface area contributed by atoms with Gasteiger partial charge >= 0.3 is 0 Å². The Labute approximate surface area is 118 Å². The van der Waals surface area contributed by atoms with E-state index in [-0.39, 0.29) is 11.6 Å². The molecule has 0 saturated carbocycles. The van der Waals surface area contributed by atoms with E-state index >= 15 is 0 Å². The zero-order valence-electron chi connectivity index (χ0n) is 11.9. The van der Waals surface area contributed by atoms with Crippen molar-refractivity contribution in [1.82, 2.24) is 0 Å². The summed E-state index contributed by atoms with van der Waals surface area (Å²) in [6.07, 6.45) is 0. The lowest BCUT2D eigenvalue weighted by atomic mass is 10.1. The number of aryl methyl sites for hydroxylation is 1. The Hall–Kier alpha value is -2.23. The lowest BCUT2D eigenvalue weighted by Gasteiger charge is -2.16. The van der Waals surface area contributed by atoms with Crippen LogP contribution in [0.15, 0.2) is 36.4 Å². The van der Waals surface area contributed by atoms with Crippen LogP contribution in [-0.2, 0) is 6.54 Å². The van der Waals surface area contributed by atoms with Gasteiger partial charge in [0.05, 0.1) is 0 Å². The van der Waals surface area contributed by atoms with Crippen LogP contribution >= 0.6 is 0 Å². The summed E-state index contributed by atoms with van der Waals surface area (Å²) in [5, 5.41) is 12.9. The highest BCUT2D eigenvalue weighted by molar-refractivity contribution is 5.60. The molecule has 20 heavy (non-hydrogen) atoms. The van der Waals surface area contributed by atoms with Gasteiger partial charge in [-0.15, -0.1) is 0 Å². The number of hydrogen-bond acceptors (Lipinski definition) is 3. The molecule has 0 amide bonds. The van der Waals surface area contributed by atoms with Gasteiger partial charge in [0, 0.05) is 37.6 Å². The average molecular weight is 274 g/mol. The summed E-state index contributed by atoms with van der Waals surface area (Å²) >= 11 is 0. The third kappa shape index (κ3) is 3.20. The van der Waals surface area contributed by atoms with Crippen molar-refractivity contribution in [3.63, 3.8) is 0 Å². The fourth-order valence-corrected chi connectivity index (χ4v) is 2.01. The fraction of sp³-hybridized carbons (Fsp3) is 0.250. The van der Waals surface area contributed by atoms with Crippen LogP contribution in [0.5, 0.6) is 5.75 Å². The molecular formula is C16H19FN2O. The second-order valence-electron chi connectivity index (χ2n) is 5.02. The molecule has 0 bridgehead atoms. The first-order chi connectivity index (χ1) is 9.47. The number of nitrogens with one attached hydrogen (secondary N) is 1. The van der Waals surface area contributed by atoms with Crippen LogP contribution in [0.4, 0.5) is 15.8 Å². The molecule has 0 aliphatic carbocycles. The monoisotopic (exact) mass is 274 g/mol. The van der Waals surface area contributed by atoms with Crippen LogP contribution < -0.4 is 10.2 Å². The van der Waals surface area contributed by atoms with E-state index in [1.807, 2.05) is 38.1 Å². The maximum atomic E-state index is 13.1. The first-order valence-electron chi connectivity index (χ1n) is 6.46. The molecule has 106 valence electrons. The van der Waals surface area contributed by atoms with E-state index in [0.717, 1.165) is 16.9 Å². The number of rotatable bonds is 4. The Balaban J connectivity index is 2.13.